The van der Waals surface area contributed by atoms with E-state index >= 15 is 0 Å². The van der Waals surface area contributed by atoms with Crippen molar-refractivity contribution in [2.75, 3.05) is 13.2 Å². The molecule has 4 rings (SSSR count). The van der Waals surface area contributed by atoms with Gasteiger partial charge in [0.25, 0.3) is 0 Å². The Morgan fingerprint density at radius 1 is 1.05 bits per heavy atom. The van der Waals surface area contributed by atoms with Gasteiger partial charge in [-0.3, -0.25) is 4.98 Å². The summed E-state index contributed by atoms with van der Waals surface area (Å²) in [5.41, 5.74) is 1.20. The lowest BCUT2D eigenvalue weighted by Crippen LogP contribution is -2.55. The van der Waals surface area contributed by atoms with Crippen LogP contribution in [0.5, 0.6) is 5.75 Å². The first-order valence-corrected chi connectivity index (χ1v) is 13.9. The molecule has 208 valence electrons. The molecular weight excluding hydrogens is 629 g/mol. The Bertz CT molecular complexity index is 1230. The lowest BCUT2D eigenvalue weighted by atomic mass is 9.80. The molecule has 39 heavy (non-hydrogen) atoms. The van der Waals surface area contributed by atoms with Crippen LogP contribution in [0.4, 0.5) is 22.4 Å². The zero-order chi connectivity index (χ0) is 27.9. The maximum atomic E-state index is 13.8. The number of urea groups is 1. The molecule has 2 N–H and O–H groups in total. The second kappa shape index (κ2) is 12.9. The topological polar surface area (TPSA) is 72.5 Å². The normalized spacial score (nSPS) is 15.9. The molecule has 0 bridgehead atoms. The third-order valence-electron chi connectivity index (χ3n) is 6.45. The van der Waals surface area contributed by atoms with E-state index in [9.17, 15) is 22.4 Å². The minimum absolute atomic E-state index is 0.109. The summed E-state index contributed by atoms with van der Waals surface area (Å²) in [6.45, 7) is 1.05. The predicted molar refractivity (Wildman–Crippen MR) is 146 cm³/mol. The van der Waals surface area contributed by atoms with Gasteiger partial charge < -0.3 is 20.1 Å². The quantitative estimate of drug-likeness (QED) is 0.155. The first-order valence-electron chi connectivity index (χ1n) is 12.4. The molecule has 1 atom stereocenters. The van der Waals surface area contributed by atoms with E-state index < -0.39 is 29.9 Å². The van der Waals surface area contributed by atoms with Crippen LogP contribution < -0.4 is 15.4 Å². The molecule has 0 radical (unpaired) electrons. The number of hydrogen-bond acceptors (Lipinski definition) is 4. The highest BCUT2D eigenvalue weighted by Gasteiger charge is 2.45. The highest BCUT2D eigenvalue weighted by Crippen LogP contribution is 2.36. The first kappa shape index (κ1) is 29.1. The van der Waals surface area contributed by atoms with Gasteiger partial charge in [-0.1, -0.05) is 71.1 Å². The number of benzene rings is 2. The van der Waals surface area contributed by atoms with E-state index in [-0.39, 0.29) is 12.5 Å². The number of alkyl halides is 5. The molecule has 3 aromatic rings. The van der Waals surface area contributed by atoms with E-state index in [1.807, 2.05) is 36.4 Å². The summed E-state index contributed by atoms with van der Waals surface area (Å²) < 4.78 is 63.9. The first-order chi connectivity index (χ1) is 18.7. The van der Waals surface area contributed by atoms with Crippen molar-refractivity contribution in [1.29, 1.82) is 0 Å². The number of aromatic nitrogens is 1. The van der Waals surface area contributed by atoms with Gasteiger partial charge in [-0.15, -0.1) is 0 Å². The van der Waals surface area contributed by atoms with Crippen molar-refractivity contribution in [3.05, 3.63) is 95.3 Å². The van der Waals surface area contributed by atoms with Crippen molar-refractivity contribution in [2.45, 2.75) is 47.8 Å². The van der Waals surface area contributed by atoms with Gasteiger partial charge in [0.15, 0.2) is 0 Å². The van der Waals surface area contributed by atoms with E-state index in [4.69, 9.17) is 4.74 Å². The number of rotatable bonds is 10. The largest absolute Gasteiger partial charge is 0.461 e. The number of nitrogens with zero attached hydrogens (tertiary/aromatic N) is 1. The summed E-state index contributed by atoms with van der Waals surface area (Å²) in [6, 6.07) is 17.8. The van der Waals surface area contributed by atoms with Crippen LogP contribution in [0.15, 0.2) is 72.9 Å². The Hall–Kier alpha value is -2.93. The third-order valence-corrected chi connectivity index (χ3v) is 7.33. The van der Waals surface area contributed by atoms with E-state index in [0.29, 0.717) is 41.7 Å². The number of pyridine rings is 1. The van der Waals surface area contributed by atoms with Crippen molar-refractivity contribution >= 4 is 28.6 Å². The van der Waals surface area contributed by atoms with Gasteiger partial charge in [0.05, 0.1) is 5.69 Å². The fourth-order valence-corrected chi connectivity index (χ4v) is 4.91. The Labute approximate surface area is 237 Å². The monoisotopic (exact) mass is 657 g/mol. The molecule has 6 nitrogen and oxygen atoms in total. The number of nitrogens with one attached hydrogen (secondary N) is 2. The van der Waals surface area contributed by atoms with Crippen molar-refractivity contribution < 1.29 is 31.8 Å². The Kier molecular flexibility index (Phi) is 9.65. The number of ether oxygens (including phenoxy) is 2. The highest BCUT2D eigenvalue weighted by molar-refractivity contribution is 14.1. The maximum absolute atomic E-state index is 13.8. The van der Waals surface area contributed by atoms with E-state index in [0.717, 1.165) is 11.1 Å². The molecule has 0 aliphatic carbocycles. The van der Waals surface area contributed by atoms with Crippen molar-refractivity contribution in [3.8, 4) is 5.75 Å². The van der Waals surface area contributed by atoms with Crippen LogP contribution in [0.2, 0.25) is 0 Å². The summed E-state index contributed by atoms with van der Waals surface area (Å²) in [7, 11) is 0. The molecule has 1 saturated heterocycles. The second-order valence-electron chi connectivity index (χ2n) is 9.23. The van der Waals surface area contributed by atoms with Crippen LogP contribution in [-0.4, -0.2) is 42.8 Å². The van der Waals surface area contributed by atoms with Crippen LogP contribution in [0.25, 0.3) is 0 Å². The van der Waals surface area contributed by atoms with Crippen LogP contribution in [0.3, 0.4) is 0 Å². The van der Waals surface area contributed by atoms with E-state index in [1.165, 1.54) is 18.2 Å². The van der Waals surface area contributed by atoms with Gasteiger partial charge >= 0.3 is 18.6 Å². The van der Waals surface area contributed by atoms with Crippen molar-refractivity contribution in [3.63, 3.8) is 0 Å². The lowest BCUT2D eigenvalue weighted by Gasteiger charge is -2.36. The molecule has 0 saturated carbocycles. The van der Waals surface area contributed by atoms with E-state index in [2.05, 4.69) is 42.9 Å². The Balaban J connectivity index is 1.81. The van der Waals surface area contributed by atoms with Crippen LogP contribution >= 0.6 is 22.6 Å². The Morgan fingerprint density at radius 2 is 1.79 bits per heavy atom. The molecule has 1 fully saturated rings. The summed E-state index contributed by atoms with van der Waals surface area (Å²) >= 11 is 2.21. The molecule has 2 aromatic carbocycles. The summed E-state index contributed by atoms with van der Waals surface area (Å²) in [5.74, 6) is -0.467. The minimum atomic E-state index is -4.69. The molecule has 0 unspecified atom stereocenters. The van der Waals surface area contributed by atoms with Gasteiger partial charge in [-0.05, 0) is 47.7 Å². The molecule has 2 heterocycles. The smallest absolute Gasteiger partial charge is 0.428 e. The molecule has 0 spiro atoms. The second-order valence-corrected chi connectivity index (χ2v) is 9.99. The van der Waals surface area contributed by atoms with Gasteiger partial charge in [0.1, 0.15) is 11.3 Å². The SMILES string of the molecule is O=C(NC1CCOCC1)N[C@](Cc1ccccc1)(c1cccc(OC(F)(F)C(F)F)c1)c1ccc(CI)cn1. The minimum Gasteiger partial charge on any atom is -0.428 e. The fraction of sp³-hybridized carbons (Fsp3) is 0.357. The fourth-order valence-electron chi connectivity index (χ4n) is 4.46. The van der Waals surface area contributed by atoms with Gasteiger partial charge in [-0.25, -0.2) is 4.79 Å². The van der Waals surface area contributed by atoms with Gasteiger partial charge in [-0.2, -0.15) is 17.6 Å². The number of amides is 2. The van der Waals surface area contributed by atoms with Crippen LogP contribution in [0, 0.1) is 0 Å². The summed E-state index contributed by atoms with van der Waals surface area (Å²) in [4.78, 5) is 18.1. The molecular formula is C28H28F4IN3O3. The molecule has 1 aromatic heterocycles. The average molecular weight is 657 g/mol. The van der Waals surface area contributed by atoms with Crippen molar-refractivity contribution in [2.24, 2.45) is 0 Å². The molecule has 1 aliphatic heterocycles. The predicted octanol–water partition coefficient (Wildman–Crippen LogP) is 6.22. The standard InChI is InChI=1S/C28H28F4IN3O3/c29-25(30)28(31,32)39-23-8-4-7-21(15-23)27(16-19-5-2-1-3-6-19,24-10-9-20(17-33)18-34-24)36-26(37)35-22-11-13-38-14-12-22/h1-10,15,18,22,25H,11-14,16-17H2,(H2,35,36,37)/t27-/m1/s1. The number of halogens is 5. The summed E-state index contributed by atoms with van der Waals surface area (Å²) in [5, 5.41) is 6.04. The zero-order valence-electron chi connectivity index (χ0n) is 20.9. The maximum Gasteiger partial charge on any atom is 0.461 e. The molecule has 11 heteroatoms. The highest BCUT2D eigenvalue weighted by atomic mass is 127. The molecule has 1 aliphatic rings. The summed E-state index contributed by atoms with van der Waals surface area (Å²) in [6.07, 6.45) is -5.53. The van der Waals surface area contributed by atoms with Crippen LogP contribution in [-0.2, 0) is 21.1 Å². The third kappa shape index (κ3) is 7.38. The average Bonchev–Trinajstić information content (AvgIpc) is 2.93. The number of carbonyl (C=O) groups excluding carboxylic acids is 1. The number of carbonyl (C=O) groups is 1. The lowest BCUT2D eigenvalue weighted by molar-refractivity contribution is -0.253. The van der Waals surface area contributed by atoms with Crippen LogP contribution in [0.1, 0.15) is 35.2 Å². The van der Waals surface area contributed by atoms with Gasteiger partial charge in [0.2, 0.25) is 0 Å². The number of hydrogen-bond donors (Lipinski definition) is 2. The van der Waals surface area contributed by atoms with Gasteiger partial charge in [0, 0.05) is 36.3 Å². The zero-order valence-corrected chi connectivity index (χ0v) is 23.0. The Morgan fingerprint density at radius 3 is 2.44 bits per heavy atom. The van der Waals surface area contributed by atoms with Crippen molar-refractivity contribution in [1.82, 2.24) is 15.6 Å². The molecule has 2 amide bonds. The van der Waals surface area contributed by atoms with E-state index in [1.54, 1.807) is 18.3 Å².